The van der Waals surface area contributed by atoms with Crippen molar-refractivity contribution in [2.75, 3.05) is 65.9 Å². The number of anilines is 2. The number of hydrogen-bond donors (Lipinski definition) is 4. The third-order valence-corrected chi connectivity index (χ3v) is 10.2. The summed E-state index contributed by atoms with van der Waals surface area (Å²) in [5, 5.41) is 12.2. The highest BCUT2D eigenvalue weighted by molar-refractivity contribution is 5.98. The highest BCUT2D eigenvalue weighted by Crippen LogP contribution is 2.32. The summed E-state index contributed by atoms with van der Waals surface area (Å²) >= 11 is 0. The van der Waals surface area contributed by atoms with Crippen molar-refractivity contribution in [1.82, 2.24) is 30.3 Å². The molecular weight excluding hydrogens is 674 g/mol. The fourth-order valence-corrected chi connectivity index (χ4v) is 7.07. The van der Waals surface area contributed by atoms with Gasteiger partial charge in [0.05, 0.1) is 52.8 Å². The van der Waals surface area contributed by atoms with Crippen LogP contribution >= 0.6 is 0 Å². The molecule has 4 N–H and O–H groups in total. The molecule has 2 aromatic heterocycles. The van der Waals surface area contributed by atoms with Gasteiger partial charge in [-0.05, 0) is 42.3 Å². The van der Waals surface area contributed by atoms with Gasteiger partial charge in [0.2, 0.25) is 11.7 Å². The van der Waals surface area contributed by atoms with E-state index in [0.29, 0.717) is 46.3 Å². The quantitative estimate of drug-likeness (QED) is 0.121. The van der Waals surface area contributed by atoms with Crippen LogP contribution < -0.4 is 26.0 Å². The first-order chi connectivity index (χ1) is 25.0. The second-order valence-electron chi connectivity index (χ2n) is 13.7. The van der Waals surface area contributed by atoms with E-state index in [9.17, 15) is 23.2 Å². The molecule has 276 valence electrons. The number of piperidine rings is 1. The Morgan fingerprint density at radius 1 is 1.08 bits per heavy atom. The Morgan fingerprint density at radius 3 is 2.52 bits per heavy atom. The lowest BCUT2D eigenvalue weighted by Gasteiger charge is -2.44. The fraction of sp³-hybridized carbons (Fsp3) is 0.432. The number of aryl methyl sites for hydroxylation is 1. The van der Waals surface area contributed by atoms with Crippen molar-refractivity contribution in [3.63, 3.8) is 0 Å². The van der Waals surface area contributed by atoms with Crippen LogP contribution in [0.5, 0.6) is 5.75 Å². The van der Waals surface area contributed by atoms with E-state index in [1.54, 1.807) is 28.8 Å². The molecule has 0 spiro atoms. The molecule has 0 bridgehead atoms. The average Bonchev–Trinajstić information content (AvgIpc) is 3.57. The van der Waals surface area contributed by atoms with E-state index in [0.717, 1.165) is 50.0 Å². The van der Waals surface area contributed by atoms with Gasteiger partial charge < -0.3 is 35.2 Å². The van der Waals surface area contributed by atoms with Crippen LogP contribution in [0.2, 0.25) is 0 Å². The molecule has 1 atom stereocenters. The number of carbonyl (C=O) groups is 3. The number of nitrogens with one attached hydrogen (secondary N) is 4. The van der Waals surface area contributed by atoms with Gasteiger partial charge in [-0.1, -0.05) is 6.92 Å². The first-order valence-electron chi connectivity index (χ1n) is 17.5. The molecule has 4 heterocycles. The number of methoxy groups -OCH3 is 2. The summed E-state index contributed by atoms with van der Waals surface area (Å²) in [6, 6.07) is 6.79. The number of ether oxygens (including phenoxy) is 2. The zero-order valence-corrected chi connectivity index (χ0v) is 29.8. The monoisotopic (exact) mass is 719 g/mol. The molecule has 2 aliphatic heterocycles. The summed E-state index contributed by atoms with van der Waals surface area (Å²) in [4.78, 5) is 48.1. The van der Waals surface area contributed by atoms with Crippen molar-refractivity contribution in [2.24, 2.45) is 11.8 Å². The molecule has 0 saturated carbocycles. The maximum atomic E-state index is 14.9. The Bertz CT molecular complexity index is 1960. The Morgan fingerprint density at radius 2 is 1.85 bits per heavy atom. The lowest BCUT2D eigenvalue weighted by Crippen LogP contribution is -2.59. The average molecular weight is 720 g/mol. The smallest absolute Gasteiger partial charge is 0.330 e. The van der Waals surface area contributed by atoms with E-state index in [1.165, 1.54) is 38.7 Å². The molecule has 2 fully saturated rings. The maximum Gasteiger partial charge on any atom is 0.330 e. The molecule has 0 radical (unpaired) electrons. The summed E-state index contributed by atoms with van der Waals surface area (Å²) in [5.41, 5.74) is 2.32. The second-order valence-corrected chi connectivity index (χ2v) is 13.7. The summed E-state index contributed by atoms with van der Waals surface area (Å²) < 4.78 is 41.8. The number of quaternary nitrogens is 1. The van der Waals surface area contributed by atoms with Crippen LogP contribution in [0.1, 0.15) is 35.7 Å². The molecule has 13 nitrogen and oxygen atoms in total. The minimum atomic E-state index is -1.10. The predicted molar refractivity (Wildman–Crippen MR) is 190 cm³/mol. The summed E-state index contributed by atoms with van der Waals surface area (Å²) in [6.07, 6.45) is 6.55. The van der Waals surface area contributed by atoms with Crippen molar-refractivity contribution < 1.29 is 37.1 Å². The van der Waals surface area contributed by atoms with Crippen LogP contribution in [0.25, 0.3) is 16.9 Å². The first-order valence-corrected chi connectivity index (χ1v) is 17.5. The largest absolute Gasteiger partial charge is 0.494 e. The molecule has 6 rings (SSSR count). The van der Waals surface area contributed by atoms with Gasteiger partial charge in [-0.2, -0.15) is 4.39 Å². The number of hydrogen-bond acceptors (Lipinski definition) is 9. The van der Waals surface area contributed by atoms with Crippen LogP contribution in [-0.2, 0) is 20.7 Å². The number of likely N-dealkylation sites (tertiary alicyclic amines) is 1. The van der Waals surface area contributed by atoms with E-state index < -0.39 is 29.6 Å². The van der Waals surface area contributed by atoms with Crippen molar-refractivity contribution in [1.29, 1.82) is 0 Å². The lowest BCUT2D eigenvalue weighted by atomic mass is 9.92. The van der Waals surface area contributed by atoms with Gasteiger partial charge in [0, 0.05) is 73.5 Å². The SMILES string of the molecule is CCc1cc(Nc2nccn3c(-c4ccc(OC)c(F)c4F)cnc23)ccc1C(=O)N[C@@H](CNC(=O)C1CC[N+](C)(CC2CNC2)CC1)C(=O)OC. The van der Waals surface area contributed by atoms with Gasteiger partial charge in [0.15, 0.2) is 23.0 Å². The van der Waals surface area contributed by atoms with Gasteiger partial charge in [0.1, 0.15) is 6.04 Å². The number of benzene rings is 2. The standard InChI is InChI=1S/C37H44F2N8O5/c1-5-23-16-25(44-33-34-42-20-29(46(34)13-12-41-33)27-8-9-30(51-3)32(39)31(27)38)6-7-26(23)36(49)45-28(37(50)52-4)19-43-35(48)24-10-14-47(2,15-11-24)21-22-17-40-18-22/h6-9,12-13,16,20,22,24,28,40H,5,10-11,14-15,17-19,21H2,1-4H3,(H2-,41,43,44,45,48,49)/p+1/t24?,28-,47?/m0/s1. The minimum Gasteiger partial charge on any atom is -0.494 e. The van der Waals surface area contributed by atoms with E-state index in [1.807, 2.05) is 6.92 Å². The number of halogens is 2. The number of esters is 1. The van der Waals surface area contributed by atoms with E-state index in [-0.39, 0.29) is 29.7 Å². The molecule has 0 aliphatic carbocycles. The van der Waals surface area contributed by atoms with Gasteiger partial charge in [0.25, 0.3) is 5.91 Å². The molecule has 52 heavy (non-hydrogen) atoms. The van der Waals surface area contributed by atoms with E-state index in [4.69, 9.17) is 9.47 Å². The Labute approximate surface area is 300 Å². The third kappa shape index (κ3) is 7.70. The first kappa shape index (κ1) is 36.6. The van der Waals surface area contributed by atoms with Gasteiger partial charge in [-0.3, -0.25) is 14.0 Å². The van der Waals surface area contributed by atoms with Crippen LogP contribution in [-0.4, -0.2) is 103 Å². The Balaban J connectivity index is 1.11. The number of fused-ring (bicyclic) bond motifs is 1. The lowest BCUT2D eigenvalue weighted by molar-refractivity contribution is -0.918. The zero-order chi connectivity index (χ0) is 37.0. The molecule has 2 amide bonds. The topological polar surface area (TPSA) is 148 Å². The number of rotatable bonds is 13. The fourth-order valence-electron chi connectivity index (χ4n) is 7.07. The number of aromatic nitrogens is 3. The van der Waals surface area contributed by atoms with Crippen molar-refractivity contribution >= 4 is 34.9 Å². The molecule has 0 unspecified atom stereocenters. The number of imidazole rings is 1. The van der Waals surface area contributed by atoms with Crippen LogP contribution in [0.3, 0.4) is 0 Å². The molecular formula is C37H45F2N8O5+. The van der Waals surface area contributed by atoms with E-state index in [2.05, 4.69) is 38.3 Å². The maximum absolute atomic E-state index is 14.9. The zero-order valence-electron chi connectivity index (χ0n) is 29.8. The van der Waals surface area contributed by atoms with Crippen LogP contribution in [0.4, 0.5) is 20.3 Å². The minimum absolute atomic E-state index is 0.00449. The molecule has 2 aliphatic rings. The highest BCUT2D eigenvalue weighted by atomic mass is 19.2. The molecule has 4 aromatic rings. The number of nitrogens with zero attached hydrogens (tertiary/aromatic N) is 4. The molecule has 2 saturated heterocycles. The van der Waals surface area contributed by atoms with Crippen molar-refractivity contribution in [2.45, 2.75) is 32.2 Å². The van der Waals surface area contributed by atoms with E-state index >= 15 is 0 Å². The molecule has 15 heteroatoms. The second kappa shape index (κ2) is 15.6. The van der Waals surface area contributed by atoms with Gasteiger partial charge >= 0.3 is 5.97 Å². The Hall–Kier alpha value is -5.15. The molecule has 2 aromatic carbocycles. The van der Waals surface area contributed by atoms with Crippen molar-refractivity contribution in [3.8, 4) is 17.0 Å². The van der Waals surface area contributed by atoms with Crippen LogP contribution in [0, 0.1) is 23.5 Å². The highest BCUT2D eigenvalue weighted by Gasteiger charge is 2.37. The normalized spacial score (nSPS) is 19.4. The van der Waals surface area contributed by atoms with Crippen LogP contribution in [0.15, 0.2) is 48.9 Å². The van der Waals surface area contributed by atoms with Crippen molar-refractivity contribution in [3.05, 3.63) is 71.7 Å². The summed E-state index contributed by atoms with van der Waals surface area (Å²) in [7, 11) is 4.76. The summed E-state index contributed by atoms with van der Waals surface area (Å²) in [5.74, 6) is -2.75. The number of carbonyl (C=O) groups excluding carboxylic acids is 3. The van der Waals surface area contributed by atoms with Gasteiger partial charge in [-0.15, -0.1) is 0 Å². The van der Waals surface area contributed by atoms with Gasteiger partial charge in [-0.25, -0.2) is 19.2 Å². The number of amides is 2. The third-order valence-electron chi connectivity index (χ3n) is 10.2. The summed E-state index contributed by atoms with van der Waals surface area (Å²) in [6.45, 7) is 6.88. The Kier molecular flexibility index (Phi) is 11.0. The predicted octanol–water partition coefficient (Wildman–Crippen LogP) is 3.45.